The molecule has 0 aromatic heterocycles. The molecular formula is C64H90Cl4N6O6. The van der Waals surface area contributed by atoms with E-state index in [4.69, 9.17) is 51.1 Å². The van der Waals surface area contributed by atoms with Gasteiger partial charge in [-0.1, -0.05) is 52.8 Å². The van der Waals surface area contributed by atoms with E-state index in [1.807, 2.05) is 83.1 Å². The Balaban J connectivity index is 0.000000143. The normalized spacial score (nSPS) is 27.5. The second-order valence-electron chi connectivity index (χ2n) is 25.3. The summed E-state index contributed by atoms with van der Waals surface area (Å²) in [6.07, 6.45) is 9.36. The summed E-state index contributed by atoms with van der Waals surface area (Å²) in [5.41, 5.74) is 14.1. The Hall–Kier alpha value is -3.05. The van der Waals surface area contributed by atoms with E-state index in [-0.39, 0.29) is 54.6 Å². The number of ether oxygens (including phenoxy) is 1. The van der Waals surface area contributed by atoms with E-state index < -0.39 is 11.7 Å². The maximum atomic E-state index is 12.1. The second kappa shape index (κ2) is 26.9. The first-order valence-electron chi connectivity index (χ1n) is 29.2. The molecule has 3 fully saturated rings. The van der Waals surface area contributed by atoms with Crippen molar-refractivity contribution in [2.24, 2.45) is 0 Å². The molecule has 3 heterocycles. The van der Waals surface area contributed by atoms with E-state index in [0.717, 1.165) is 91.0 Å². The molecule has 0 bridgehead atoms. The van der Waals surface area contributed by atoms with Crippen LogP contribution in [0, 0.1) is 27.7 Å². The molecule has 3 aliphatic heterocycles. The highest BCUT2D eigenvalue weighted by molar-refractivity contribution is 6.31. The first kappa shape index (κ1) is 63.0. The molecule has 440 valence electrons. The van der Waals surface area contributed by atoms with Crippen LogP contribution >= 0.6 is 46.4 Å². The highest BCUT2D eigenvalue weighted by atomic mass is 35.5. The molecule has 3 saturated heterocycles. The number of rotatable bonds is 6. The van der Waals surface area contributed by atoms with Crippen molar-refractivity contribution in [3.05, 3.63) is 135 Å². The summed E-state index contributed by atoms with van der Waals surface area (Å²) < 4.78 is 5.37. The topological polar surface area (TPSA) is 135 Å². The molecule has 0 radical (unpaired) electrons. The maximum absolute atomic E-state index is 12.1. The summed E-state index contributed by atoms with van der Waals surface area (Å²) in [6.45, 7) is 19.8. The SMILES string of the molecule is Cc1cc(Cl)cc2c1C[C@@H](O)[C@@H]2N(C)C.Cc1cc(Cl)cc2c1C[C@@H](O)[C@@H]2N1CCCCC1.Cc1cc(Cl)cc2c1C[C@@H](O)[C@@H]2N1CCC[C@@H](N(C)C)C1.Cc1cc(Cl)cc2c1C[C@@H](O)[C@@H]2N1CCC[C@@H](NC(=O)OC(C)(C)C)C1. The molecule has 11 rings (SSSR count). The van der Waals surface area contributed by atoms with Gasteiger partial charge in [0.2, 0.25) is 0 Å². The van der Waals surface area contributed by atoms with Crippen molar-refractivity contribution >= 4 is 52.5 Å². The van der Waals surface area contributed by atoms with Crippen molar-refractivity contribution in [1.82, 2.24) is 29.8 Å². The van der Waals surface area contributed by atoms with Crippen molar-refractivity contribution in [3.63, 3.8) is 0 Å². The number of amides is 1. The molecule has 16 heteroatoms. The number of nitrogens with one attached hydrogen (secondary N) is 1. The highest BCUT2D eigenvalue weighted by Crippen LogP contribution is 2.44. The van der Waals surface area contributed by atoms with Crippen molar-refractivity contribution in [3.8, 4) is 0 Å². The smallest absolute Gasteiger partial charge is 0.407 e. The summed E-state index contributed by atoms with van der Waals surface area (Å²) in [5, 5.41) is 47.7. The van der Waals surface area contributed by atoms with Gasteiger partial charge in [0, 0.05) is 70.9 Å². The highest BCUT2D eigenvalue weighted by Gasteiger charge is 2.42. The van der Waals surface area contributed by atoms with Gasteiger partial charge in [0.05, 0.1) is 48.6 Å². The van der Waals surface area contributed by atoms with Gasteiger partial charge >= 0.3 is 6.09 Å². The van der Waals surface area contributed by atoms with Crippen LogP contribution < -0.4 is 5.32 Å². The number of piperidine rings is 3. The molecule has 10 atom stereocenters. The zero-order valence-corrected chi connectivity index (χ0v) is 52.3. The van der Waals surface area contributed by atoms with Crippen LogP contribution in [0.4, 0.5) is 4.79 Å². The number of fused-ring (bicyclic) bond motifs is 4. The number of alkyl carbamates (subject to hydrolysis) is 1. The molecule has 5 N–H and O–H groups in total. The Morgan fingerprint density at radius 1 is 0.512 bits per heavy atom. The first-order valence-corrected chi connectivity index (χ1v) is 30.7. The lowest BCUT2D eigenvalue weighted by Gasteiger charge is -2.40. The quantitative estimate of drug-likeness (QED) is 0.126. The number of aliphatic hydroxyl groups is 4. The van der Waals surface area contributed by atoms with Gasteiger partial charge in [0.15, 0.2) is 0 Å². The van der Waals surface area contributed by atoms with Gasteiger partial charge in [-0.25, -0.2) is 4.79 Å². The predicted molar refractivity (Wildman–Crippen MR) is 326 cm³/mol. The van der Waals surface area contributed by atoms with Gasteiger partial charge in [0.25, 0.3) is 0 Å². The molecule has 0 unspecified atom stereocenters. The molecule has 12 nitrogen and oxygen atoms in total. The Bertz CT molecular complexity index is 2800. The number of aliphatic hydroxyl groups excluding tert-OH is 4. The van der Waals surface area contributed by atoms with Gasteiger partial charge in [-0.3, -0.25) is 14.7 Å². The minimum atomic E-state index is -0.507. The second-order valence-corrected chi connectivity index (χ2v) is 27.1. The monoisotopic (exact) mass is 1180 g/mol. The third kappa shape index (κ3) is 14.9. The van der Waals surface area contributed by atoms with E-state index in [1.165, 1.54) is 87.7 Å². The number of carbonyl (C=O) groups is 1. The minimum absolute atomic E-state index is 0.0233. The van der Waals surface area contributed by atoms with E-state index in [1.54, 1.807) is 0 Å². The van der Waals surface area contributed by atoms with Crippen LogP contribution in [0.3, 0.4) is 0 Å². The molecule has 4 aromatic rings. The van der Waals surface area contributed by atoms with Crippen LogP contribution in [0.25, 0.3) is 0 Å². The fourth-order valence-corrected chi connectivity index (χ4v) is 15.3. The van der Waals surface area contributed by atoms with Gasteiger partial charge in [-0.05, 0) is 257 Å². The van der Waals surface area contributed by atoms with Crippen LogP contribution in [0.15, 0.2) is 48.5 Å². The number of halogens is 4. The van der Waals surface area contributed by atoms with E-state index >= 15 is 0 Å². The first-order chi connectivity index (χ1) is 37.8. The molecule has 7 aliphatic rings. The summed E-state index contributed by atoms with van der Waals surface area (Å²) in [4.78, 5) is 23.6. The summed E-state index contributed by atoms with van der Waals surface area (Å²) in [5.74, 6) is 0. The zero-order chi connectivity index (χ0) is 58.1. The Morgan fingerprint density at radius 2 is 0.887 bits per heavy atom. The number of nitrogens with zero attached hydrogens (tertiary/aromatic N) is 5. The van der Waals surface area contributed by atoms with Crippen LogP contribution in [-0.4, -0.2) is 161 Å². The fraction of sp³-hybridized carbons (Fsp3) is 0.609. The van der Waals surface area contributed by atoms with Crippen molar-refractivity contribution in [2.45, 2.75) is 185 Å². The minimum Gasteiger partial charge on any atom is -0.444 e. The van der Waals surface area contributed by atoms with Crippen LogP contribution in [0.1, 0.15) is 157 Å². The molecule has 0 saturated carbocycles. The van der Waals surface area contributed by atoms with E-state index in [9.17, 15) is 25.2 Å². The summed E-state index contributed by atoms with van der Waals surface area (Å²) >= 11 is 24.7. The Kier molecular flexibility index (Phi) is 21.2. The predicted octanol–water partition coefficient (Wildman–Crippen LogP) is 11.5. The van der Waals surface area contributed by atoms with Crippen LogP contribution in [-0.2, 0) is 30.4 Å². The third-order valence-corrected chi connectivity index (χ3v) is 18.6. The molecule has 4 aliphatic carbocycles. The third-order valence-electron chi connectivity index (χ3n) is 17.7. The number of carbonyl (C=O) groups excluding carboxylic acids is 1. The van der Waals surface area contributed by atoms with Crippen LogP contribution in [0.2, 0.25) is 20.1 Å². The van der Waals surface area contributed by atoms with E-state index in [0.29, 0.717) is 24.0 Å². The number of hydrogen-bond acceptors (Lipinski definition) is 11. The average molecular weight is 1180 g/mol. The molecule has 0 spiro atoms. The number of aryl methyl sites for hydroxylation is 4. The van der Waals surface area contributed by atoms with Crippen molar-refractivity contribution in [2.75, 3.05) is 67.5 Å². The summed E-state index contributed by atoms with van der Waals surface area (Å²) in [6, 6.07) is 16.9. The Morgan fingerprint density at radius 3 is 1.31 bits per heavy atom. The zero-order valence-electron chi connectivity index (χ0n) is 49.3. The van der Waals surface area contributed by atoms with Crippen molar-refractivity contribution in [1.29, 1.82) is 0 Å². The van der Waals surface area contributed by atoms with Gasteiger partial charge in [0.1, 0.15) is 5.60 Å². The standard InChI is InChI=1S/C20H29ClN2O3.C17H25ClN2O.C15H20ClNO.C12H16ClNO/c1-12-8-13(21)9-16-15(12)10-17(24)18(16)23-7-5-6-14(11-23)22-19(25)26-20(2,3)4;1-11-7-12(18)8-15-14(11)9-16(21)17(15)20-6-4-5-13(10-20)19(2)3;1-10-7-11(16)8-13-12(10)9-14(18)15(13)17-5-3-2-4-6-17;1-7-4-8(13)5-10-9(7)6-11(15)12(10)14(2)3/h8-9,14,17-18,24H,5-7,10-11H2,1-4H3,(H,22,25);7-8,13,16-17,21H,4-6,9-10H2,1-3H3;7-8,14-15,18H,2-6,9H2,1H3;4-5,11-12,15H,6H2,1-3H3/t14-,17-,18-;13-,16-,17-;14-,15-;11-,12-/m1111/s1. The molecule has 1 amide bonds. The van der Waals surface area contributed by atoms with Crippen molar-refractivity contribution < 1.29 is 30.0 Å². The molecule has 4 aromatic carbocycles. The number of likely N-dealkylation sites (N-methyl/N-ethyl adjacent to an activating group) is 2. The Labute approximate surface area is 497 Å². The van der Waals surface area contributed by atoms with Gasteiger partial charge in [-0.15, -0.1) is 0 Å². The molecular weight excluding hydrogens is 1090 g/mol. The maximum Gasteiger partial charge on any atom is 0.407 e. The summed E-state index contributed by atoms with van der Waals surface area (Å²) in [7, 11) is 8.26. The lowest BCUT2D eigenvalue weighted by Crippen LogP contribution is -2.50. The number of likely N-dealkylation sites (tertiary alicyclic amines) is 3. The lowest BCUT2D eigenvalue weighted by atomic mass is 9.98. The number of hydrogen-bond donors (Lipinski definition) is 5. The fourth-order valence-electron chi connectivity index (χ4n) is 14.1. The lowest BCUT2D eigenvalue weighted by molar-refractivity contribution is 0.0267. The van der Waals surface area contributed by atoms with E-state index in [2.05, 4.69) is 71.9 Å². The molecule has 80 heavy (non-hydrogen) atoms. The van der Waals surface area contributed by atoms with Crippen LogP contribution in [0.5, 0.6) is 0 Å². The largest absolute Gasteiger partial charge is 0.444 e. The van der Waals surface area contributed by atoms with Gasteiger partial charge in [-0.2, -0.15) is 0 Å². The number of benzene rings is 4. The van der Waals surface area contributed by atoms with Gasteiger partial charge < -0.3 is 40.3 Å². The average Bonchev–Trinajstić information content (AvgIpc) is 4.10.